The third kappa shape index (κ3) is 1.89. The van der Waals surface area contributed by atoms with E-state index in [1.807, 2.05) is 6.07 Å². The Hall–Kier alpha value is -1.68. The van der Waals surface area contributed by atoms with Crippen molar-refractivity contribution in [3.63, 3.8) is 0 Å². The Morgan fingerprint density at radius 3 is 2.67 bits per heavy atom. The molecule has 15 heavy (non-hydrogen) atoms. The normalized spacial score (nSPS) is 10.2. The highest BCUT2D eigenvalue weighted by Crippen LogP contribution is 2.29. The second kappa shape index (κ2) is 3.82. The second-order valence-electron chi connectivity index (χ2n) is 3.04. The number of carbonyl (C=O) groups excluding carboxylic acids is 2. The monoisotopic (exact) mass is 220 g/mol. The lowest BCUT2D eigenvalue weighted by molar-refractivity contribution is 0.102. The fourth-order valence-corrected chi connectivity index (χ4v) is 2.07. The van der Waals surface area contributed by atoms with E-state index < -0.39 is 0 Å². The van der Waals surface area contributed by atoms with Gasteiger partial charge in [0.05, 0.1) is 9.75 Å². The lowest BCUT2D eigenvalue weighted by atomic mass is 10.3. The summed E-state index contributed by atoms with van der Waals surface area (Å²) in [5.74, 6) is 0.950. The highest BCUT2D eigenvalue weighted by Gasteiger charge is 2.09. The maximum absolute atomic E-state index is 11.1. The number of rotatable bonds is 3. The molecule has 0 N–H and O–H groups in total. The molecule has 0 radical (unpaired) electrons. The Balaban J connectivity index is 2.36. The topological polar surface area (TPSA) is 47.3 Å². The average Bonchev–Trinajstić information content (AvgIpc) is 2.86. The quantitative estimate of drug-likeness (QED) is 0.590. The Bertz CT molecular complexity index is 507. The van der Waals surface area contributed by atoms with Crippen LogP contribution in [0.3, 0.4) is 0 Å². The summed E-state index contributed by atoms with van der Waals surface area (Å²) in [6.07, 6.45) is 0.656. The molecule has 0 saturated carbocycles. The van der Waals surface area contributed by atoms with Crippen LogP contribution in [0.4, 0.5) is 0 Å². The number of furan rings is 1. The molecule has 2 heterocycles. The predicted octanol–water partition coefficient (Wildman–Crippen LogP) is 3.02. The van der Waals surface area contributed by atoms with E-state index in [0.717, 1.165) is 4.88 Å². The number of aldehydes is 1. The van der Waals surface area contributed by atoms with Gasteiger partial charge in [-0.3, -0.25) is 9.59 Å². The van der Waals surface area contributed by atoms with E-state index in [-0.39, 0.29) is 5.78 Å². The van der Waals surface area contributed by atoms with E-state index in [9.17, 15) is 9.59 Å². The van der Waals surface area contributed by atoms with E-state index in [1.165, 1.54) is 18.3 Å². The minimum absolute atomic E-state index is 0.0356. The molecule has 2 aromatic rings. The zero-order chi connectivity index (χ0) is 10.8. The van der Waals surface area contributed by atoms with Gasteiger partial charge in [0.25, 0.3) is 0 Å². The highest BCUT2D eigenvalue weighted by molar-refractivity contribution is 7.17. The molecule has 2 rings (SSSR count). The summed E-state index contributed by atoms with van der Waals surface area (Å²) in [5.41, 5.74) is 0. The van der Waals surface area contributed by atoms with Gasteiger partial charge in [0.15, 0.2) is 17.8 Å². The molecule has 0 atom stereocenters. The molecular formula is C11H8O3S. The van der Waals surface area contributed by atoms with E-state index in [2.05, 4.69) is 0 Å². The van der Waals surface area contributed by atoms with Gasteiger partial charge in [-0.25, -0.2) is 0 Å². The summed E-state index contributed by atoms with van der Waals surface area (Å²) in [4.78, 5) is 23.0. The summed E-state index contributed by atoms with van der Waals surface area (Å²) in [5, 5.41) is 0. The predicted molar refractivity (Wildman–Crippen MR) is 57.4 cm³/mol. The van der Waals surface area contributed by atoms with Crippen LogP contribution in [0.25, 0.3) is 10.6 Å². The van der Waals surface area contributed by atoms with Crippen LogP contribution >= 0.6 is 11.3 Å². The Kier molecular flexibility index (Phi) is 2.51. The van der Waals surface area contributed by atoms with Crippen molar-refractivity contribution in [3.05, 3.63) is 34.9 Å². The molecule has 3 nitrogen and oxygen atoms in total. The third-order valence-corrected chi connectivity index (χ3v) is 3.14. The molecule has 0 unspecified atom stereocenters. The first-order chi connectivity index (χ1) is 7.20. The minimum Gasteiger partial charge on any atom is -0.452 e. The van der Waals surface area contributed by atoms with Crippen LogP contribution in [-0.4, -0.2) is 12.1 Å². The van der Waals surface area contributed by atoms with Gasteiger partial charge in [-0.2, -0.15) is 0 Å². The lowest BCUT2D eigenvalue weighted by Gasteiger charge is -1.88. The zero-order valence-electron chi connectivity index (χ0n) is 8.02. The van der Waals surface area contributed by atoms with Crippen LogP contribution in [-0.2, 0) is 0 Å². The van der Waals surface area contributed by atoms with Crippen molar-refractivity contribution in [2.45, 2.75) is 6.92 Å². The molecule has 4 heteroatoms. The van der Waals surface area contributed by atoms with Crippen molar-refractivity contribution in [1.82, 2.24) is 0 Å². The summed E-state index contributed by atoms with van der Waals surface area (Å²) in [7, 11) is 0. The van der Waals surface area contributed by atoms with Gasteiger partial charge in [-0.1, -0.05) is 0 Å². The number of carbonyl (C=O) groups is 2. The molecule has 0 fully saturated rings. The fraction of sp³-hybridized carbons (Fsp3) is 0.0909. The molecule has 0 bridgehead atoms. The summed E-state index contributed by atoms with van der Waals surface area (Å²) >= 11 is 1.36. The molecule has 0 aliphatic rings. The molecule has 0 aromatic carbocycles. The molecule has 0 amide bonds. The number of hydrogen-bond donors (Lipinski definition) is 0. The van der Waals surface area contributed by atoms with Gasteiger partial charge in [0.2, 0.25) is 0 Å². The van der Waals surface area contributed by atoms with Crippen molar-refractivity contribution >= 4 is 23.4 Å². The molecule has 0 aliphatic carbocycles. The van der Waals surface area contributed by atoms with Crippen molar-refractivity contribution in [2.75, 3.05) is 0 Å². The van der Waals surface area contributed by atoms with Crippen LogP contribution in [0.2, 0.25) is 0 Å². The molecule has 0 saturated heterocycles. The molecular weight excluding hydrogens is 212 g/mol. The number of thiophene rings is 1. The van der Waals surface area contributed by atoms with Crippen LogP contribution in [0, 0.1) is 0 Å². The van der Waals surface area contributed by atoms with Gasteiger partial charge in [0, 0.05) is 0 Å². The summed E-state index contributed by atoms with van der Waals surface area (Å²) < 4.78 is 5.24. The maximum Gasteiger partial charge on any atom is 0.185 e. The maximum atomic E-state index is 11.1. The first-order valence-corrected chi connectivity index (χ1v) is 5.18. The fourth-order valence-electron chi connectivity index (χ4n) is 1.21. The van der Waals surface area contributed by atoms with Gasteiger partial charge in [0.1, 0.15) is 5.76 Å². The smallest absolute Gasteiger partial charge is 0.185 e. The largest absolute Gasteiger partial charge is 0.452 e. The molecule has 0 aliphatic heterocycles. The molecule has 2 aromatic heterocycles. The van der Waals surface area contributed by atoms with Crippen LogP contribution in [0.1, 0.15) is 27.2 Å². The van der Waals surface area contributed by atoms with Crippen molar-refractivity contribution in [1.29, 1.82) is 0 Å². The Morgan fingerprint density at radius 2 is 2.13 bits per heavy atom. The Morgan fingerprint density at radius 1 is 1.33 bits per heavy atom. The van der Waals surface area contributed by atoms with E-state index in [0.29, 0.717) is 22.7 Å². The van der Waals surface area contributed by atoms with Crippen molar-refractivity contribution in [3.8, 4) is 10.6 Å². The lowest BCUT2D eigenvalue weighted by Crippen LogP contribution is -1.83. The average molecular weight is 220 g/mol. The Labute approximate surface area is 90.3 Å². The zero-order valence-corrected chi connectivity index (χ0v) is 8.84. The SMILES string of the molecule is CC(=O)c1ccc(-c2ccc(C=O)o2)s1. The van der Waals surface area contributed by atoms with Gasteiger partial charge < -0.3 is 4.42 Å². The van der Waals surface area contributed by atoms with Crippen molar-refractivity contribution in [2.24, 2.45) is 0 Å². The van der Waals surface area contributed by atoms with Crippen LogP contribution < -0.4 is 0 Å². The second-order valence-corrected chi connectivity index (χ2v) is 4.12. The van der Waals surface area contributed by atoms with Crippen LogP contribution in [0.5, 0.6) is 0 Å². The van der Waals surface area contributed by atoms with E-state index in [1.54, 1.807) is 18.2 Å². The number of Topliss-reactive ketones (excluding diaryl/α,β-unsaturated/α-hetero) is 1. The highest BCUT2D eigenvalue weighted by atomic mass is 32.1. The van der Waals surface area contributed by atoms with Gasteiger partial charge in [-0.05, 0) is 31.2 Å². The van der Waals surface area contributed by atoms with Gasteiger partial charge in [-0.15, -0.1) is 11.3 Å². The standard InChI is InChI=1S/C11H8O3S/c1-7(13)10-4-5-11(15-10)9-3-2-8(6-12)14-9/h2-6H,1H3. The van der Waals surface area contributed by atoms with Gasteiger partial charge >= 0.3 is 0 Å². The first-order valence-electron chi connectivity index (χ1n) is 4.37. The molecule has 76 valence electrons. The number of hydrogen-bond acceptors (Lipinski definition) is 4. The number of ketones is 1. The first kappa shape index (κ1) is 9.86. The van der Waals surface area contributed by atoms with Crippen molar-refractivity contribution < 1.29 is 14.0 Å². The minimum atomic E-state index is 0.0356. The summed E-state index contributed by atoms with van der Waals surface area (Å²) in [6.45, 7) is 1.52. The van der Waals surface area contributed by atoms with Crippen LogP contribution in [0.15, 0.2) is 28.7 Å². The summed E-state index contributed by atoms with van der Waals surface area (Å²) in [6, 6.07) is 6.90. The van der Waals surface area contributed by atoms with E-state index in [4.69, 9.17) is 4.42 Å². The third-order valence-electron chi connectivity index (χ3n) is 1.94. The molecule has 0 spiro atoms. The van der Waals surface area contributed by atoms with E-state index >= 15 is 0 Å².